The quantitative estimate of drug-likeness (QED) is 0.675. The van der Waals surface area contributed by atoms with E-state index in [4.69, 9.17) is 4.42 Å². The van der Waals surface area contributed by atoms with Gasteiger partial charge >= 0.3 is 7.12 Å². The molecular weight excluding hydrogens is 317 g/mol. The van der Waals surface area contributed by atoms with E-state index in [0.717, 1.165) is 17.4 Å². The van der Waals surface area contributed by atoms with Crippen molar-refractivity contribution in [1.29, 1.82) is 0 Å². The number of carbonyl (C=O) groups is 1. The lowest BCUT2D eigenvalue weighted by molar-refractivity contribution is -0.121. The van der Waals surface area contributed by atoms with Crippen LogP contribution in [0, 0.1) is 5.92 Å². The predicted molar refractivity (Wildman–Crippen MR) is 97.8 cm³/mol. The van der Waals surface area contributed by atoms with E-state index in [1.54, 1.807) is 0 Å². The number of furan rings is 1. The summed E-state index contributed by atoms with van der Waals surface area (Å²) in [5.74, 6) is 0.374. The zero-order valence-corrected chi connectivity index (χ0v) is 14.5. The van der Waals surface area contributed by atoms with Crippen molar-refractivity contribution >= 4 is 24.0 Å². The second-order valence-electron chi connectivity index (χ2n) is 7.08. The SMILES string of the molecule is O=C(CCC1CCCCC1)N[C@@H](Cc1cc2ccccc2o1)B(O)O. The molecule has 1 aliphatic carbocycles. The molecular formula is C19H26BNO4. The third kappa shape index (κ3) is 5.09. The summed E-state index contributed by atoms with van der Waals surface area (Å²) < 4.78 is 5.71. The summed E-state index contributed by atoms with van der Waals surface area (Å²) >= 11 is 0. The van der Waals surface area contributed by atoms with Crippen LogP contribution >= 0.6 is 0 Å². The minimum Gasteiger partial charge on any atom is -0.461 e. The smallest absolute Gasteiger partial charge is 0.461 e. The molecule has 134 valence electrons. The van der Waals surface area contributed by atoms with Crippen LogP contribution in [0.25, 0.3) is 11.0 Å². The molecule has 3 rings (SSSR count). The first-order valence-corrected chi connectivity index (χ1v) is 9.25. The topological polar surface area (TPSA) is 82.7 Å². The molecule has 1 aliphatic rings. The summed E-state index contributed by atoms with van der Waals surface area (Å²) in [7, 11) is -1.62. The number of amides is 1. The number of hydrogen-bond donors (Lipinski definition) is 3. The third-order valence-electron chi connectivity index (χ3n) is 5.11. The molecule has 0 saturated heterocycles. The van der Waals surface area contributed by atoms with Crippen molar-refractivity contribution in [2.24, 2.45) is 5.92 Å². The molecule has 1 atom stereocenters. The highest BCUT2D eigenvalue weighted by atomic mass is 16.4. The third-order valence-corrected chi connectivity index (χ3v) is 5.11. The van der Waals surface area contributed by atoms with Crippen molar-refractivity contribution in [3.05, 3.63) is 36.1 Å². The minimum absolute atomic E-state index is 0.125. The normalized spacial score (nSPS) is 16.7. The molecule has 1 saturated carbocycles. The number of benzene rings is 1. The Bertz CT molecular complexity index is 661. The van der Waals surface area contributed by atoms with Crippen LogP contribution in [-0.4, -0.2) is 29.0 Å². The van der Waals surface area contributed by atoms with Crippen LogP contribution in [0.2, 0.25) is 0 Å². The first-order chi connectivity index (χ1) is 12.1. The Kier molecular flexibility index (Phi) is 6.16. The number of fused-ring (bicyclic) bond motifs is 1. The van der Waals surface area contributed by atoms with Gasteiger partial charge in [0.1, 0.15) is 11.3 Å². The van der Waals surface area contributed by atoms with Crippen molar-refractivity contribution in [2.75, 3.05) is 0 Å². The van der Waals surface area contributed by atoms with Crippen molar-refractivity contribution in [3.63, 3.8) is 0 Å². The van der Waals surface area contributed by atoms with Gasteiger partial charge in [0.25, 0.3) is 0 Å². The van der Waals surface area contributed by atoms with Gasteiger partial charge in [-0.3, -0.25) is 4.79 Å². The van der Waals surface area contributed by atoms with Crippen molar-refractivity contribution in [2.45, 2.75) is 57.3 Å². The second kappa shape index (κ2) is 8.54. The van der Waals surface area contributed by atoms with Crippen LogP contribution < -0.4 is 5.32 Å². The van der Waals surface area contributed by atoms with Gasteiger partial charge in [-0.25, -0.2) is 0 Å². The van der Waals surface area contributed by atoms with Crippen LogP contribution in [0.1, 0.15) is 50.7 Å². The Hall–Kier alpha value is -1.79. The zero-order valence-electron chi connectivity index (χ0n) is 14.5. The molecule has 6 heteroatoms. The van der Waals surface area contributed by atoms with Crippen molar-refractivity contribution in [3.8, 4) is 0 Å². The van der Waals surface area contributed by atoms with Gasteiger partial charge in [-0.05, 0) is 24.5 Å². The molecule has 0 spiro atoms. The van der Waals surface area contributed by atoms with E-state index in [2.05, 4.69) is 5.32 Å². The Morgan fingerprint density at radius 3 is 2.72 bits per heavy atom. The van der Waals surface area contributed by atoms with Gasteiger partial charge in [-0.1, -0.05) is 50.3 Å². The predicted octanol–water partition coefficient (Wildman–Crippen LogP) is 2.83. The molecule has 0 aliphatic heterocycles. The van der Waals surface area contributed by atoms with E-state index in [-0.39, 0.29) is 12.3 Å². The van der Waals surface area contributed by atoms with Gasteiger partial charge in [0.05, 0.1) is 5.94 Å². The van der Waals surface area contributed by atoms with Crippen LogP contribution in [0.5, 0.6) is 0 Å². The molecule has 0 bridgehead atoms. The highest BCUT2D eigenvalue weighted by molar-refractivity contribution is 6.43. The Morgan fingerprint density at radius 2 is 2.00 bits per heavy atom. The monoisotopic (exact) mass is 343 g/mol. The van der Waals surface area contributed by atoms with E-state index in [1.165, 1.54) is 32.1 Å². The molecule has 3 N–H and O–H groups in total. The lowest BCUT2D eigenvalue weighted by Crippen LogP contribution is -2.47. The lowest BCUT2D eigenvalue weighted by atomic mass is 9.76. The highest BCUT2D eigenvalue weighted by Crippen LogP contribution is 2.27. The summed E-state index contributed by atoms with van der Waals surface area (Å²) in [6.45, 7) is 0. The largest absolute Gasteiger partial charge is 0.475 e. The molecule has 1 aromatic carbocycles. The zero-order chi connectivity index (χ0) is 17.6. The number of para-hydroxylation sites is 1. The van der Waals surface area contributed by atoms with E-state index in [9.17, 15) is 14.8 Å². The average molecular weight is 343 g/mol. The van der Waals surface area contributed by atoms with E-state index in [1.807, 2.05) is 30.3 Å². The molecule has 25 heavy (non-hydrogen) atoms. The van der Waals surface area contributed by atoms with Crippen LogP contribution in [0.3, 0.4) is 0 Å². The molecule has 1 amide bonds. The van der Waals surface area contributed by atoms with Gasteiger partial charge in [0.2, 0.25) is 5.91 Å². The molecule has 0 radical (unpaired) electrons. The molecule has 1 fully saturated rings. The Morgan fingerprint density at radius 1 is 1.24 bits per heavy atom. The number of carbonyl (C=O) groups excluding carboxylic acids is 1. The van der Waals surface area contributed by atoms with Gasteiger partial charge < -0.3 is 19.8 Å². The van der Waals surface area contributed by atoms with Gasteiger partial charge in [-0.15, -0.1) is 0 Å². The fourth-order valence-corrected chi connectivity index (χ4v) is 3.68. The van der Waals surface area contributed by atoms with Crippen LogP contribution in [-0.2, 0) is 11.2 Å². The standard InChI is InChI=1S/C19H26BNO4/c22-19(11-10-14-6-2-1-3-7-14)21-18(20(23)24)13-16-12-15-8-4-5-9-17(15)25-16/h4-5,8-9,12,14,18,23-24H,1-3,6-7,10-11,13H2,(H,21,22)/t18-/m0/s1. The lowest BCUT2D eigenvalue weighted by Gasteiger charge is -2.22. The maximum absolute atomic E-state index is 12.2. The summed E-state index contributed by atoms with van der Waals surface area (Å²) in [5.41, 5.74) is 0.757. The molecule has 1 heterocycles. The van der Waals surface area contributed by atoms with Crippen molar-refractivity contribution in [1.82, 2.24) is 5.32 Å². The fraction of sp³-hybridized carbons (Fsp3) is 0.526. The van der Waals surface area contributed by atoms with E-state index < -0.39 is 13.1 Å². The summed E-state index contributed by atoms with van der Waals surface area (Å²) in [6, 6.07) is 9.49. The molecule has 2 aromatic rings. The van der Waals surface area contributed by atoms with Crippen LogP contribution in [0.4, 0.5) is 0 Å². The maximum atomic E-state index is 12.2. The summed E-state index contributed by atoms with van der Waals surface area (Å²) in [6.07, 6.45) is 7.81. The molecule has 0 unspecified atom stereocenters. The first-order valence-electron chi connectivity index (χ1n) is 9.25. The summed E-state index contributed by atoms with van der Waals surface area (Å²) in [5, 5.41) is 22.9. The molecule has 5 nitrogen and oxygen atoms in total. The summed E-state index contributed by atoms with van der Waals surface area (Å²) in [4.78, 5) is 12.2. The van der Waals surface area contributed by atoms with E-state index in [0.29, 0.717) is 18.1 Å². The molecule has 1 aromatic heterocycles. The van der Waals surface area contributed by atoms with Crippen LogP contribution in [0.15, 0.2) is 34.7 Å². The Balaban J connectivity index is 1.54. The van der Waals surface area contributed by atoms with Gasteiger partial charge in [0, 0.05) is 18.2 Å². The number of rotatable bonds is 7. The Labute approximate surface area is 148 Å². The minimum atomic E-state index is -1.62. The number of nitrogens with one attached hydrogen (secondary N) is 1. The average Bonchev–Trinajstić information content (AvgIpc) is 3.02. The highest BCUT2D eigenvalue weighted by Gasteiger charge is 2.27. The van der Waals surface area contributed by atoms with Crippen molar-refractivity contribution < 1.29 is 19.3 Å². The van der Waals surface area contributed by atoms with Gasteiger partial charge in [0.15, 0.2) is 0 Å². The van der Waals surface area contributed by atoms with Gasteiger partial charge in [-0.2, -0.15) is 0 Å². The maximum Gasteiger partial charge on any atom is 0.475 e. The number of hydrogen-bond acceptors (Lipinski definition) is 4. The fourth-order valence-electron chi connectivity index (χ4n) is 3.68. The second-order valence-corrected chi connectivity index (χ2v) is 7.08. The first kappa shape index (κ1) is 18.0. The van der Waals surface area contributed by atoms with E-state index >= 15 is 0 Å².